The number of nitrogen functional groups attached to an aromatic ring is 1. The first kappa shape index (κ1) is 17.4. The summed E-state index contributed by atoms with van der Waals surface area (Å²) in [4.78, 5) is 14.6. The molecule has 5 heteroatoms. The summed E-state index contributed by atoms with van der Waals surface area (Å²) in [6, 6.07) is 4.17. The summed E-state index contributed by atoms with van der Waals surface area (Å²) in [5.74, 6) is 1.40. The van der Waals surface area contributed by atoms with Crippen molar-refractivity contribution in [3.8, 4) is 11.5 Å². The van der Waals surface area contributed by atoms with Crippen LogP contribution < -0.4 is 15.2 Å². The quantitative estimate of drug-likeness (QED) is 0.818. The number of carbonyl (C=O) groups excluding carboxylic acids is 1. The van der Waals surface area contributed by atoms with Gasteiger partial charge in [0, 0.05) is 19.0 Å². The van der Waals surface area contributed by atoms with Crippen molar-refractivity contribution >= 4 is 11.6 Å². The number of hydrogen-bond donors (Lipinski definition) is 1. The molecule has 2 rings (SSSR count). The molecule has 1 unspecified atom stereocenters. The van der Waals surface area contributed by atoms with Crippen LogP contribution in [0.2, 0.25) is 0 Å². The van der Waals surface area contributed by atoms with Crippen LogP contribution in [0.3, 0.4) is 0 Å². The molecule has 0 aliphatic carbocycles. The zero-order valence-corrected chi connectivity index (χ0v) is 14.4. The molecule has 1 aliphatic heterocycles. The molecule has 0 spiro atoms. The Balaban J connectivity index is 2.02. The van der Waals surface area contributed by atoms with Crippen molar-refractivity contribution in [2.45, 2.75) is 51.5 Å². The van der Waals surface area contributed by atoms with E-state index in [9.17, 15) is 4.79 Å². The van der Waals surface area contributed by atoms with E-state index in [1.807, 2.05) is 12.1 Å². The van der Waals surface area contributed by atoms with Crippen molar-refractivity contribution in [1.29, 1.82) is 0 Å². The van der Waals surface area contributed by atoms with Gasteiger partial charge in [-0.1, -0.05) is 6.92 Å². The molecule has 0 aromatic heterocycles. The first-order valence-corrected chi connectivity index (χ1v) is 8.40. The molecule has 128 valence electrons. The molecule has 2 N–H and O–H groups in total. The van der Waals surface area contributed by atoms with E-state index in [-0.39, 0.29) is 5.91 Å². The van der Waals surface area contributed by atoms with Crippen molar-refractivity contribution in [1.82, 2.24) is 4.90 Å². The van der Waals surface area contributed by atoms with E-state index in [1.54, 1.807) is 14.2 Å². The lowest BCUT2D eigenvalue weighted by molar-refractivity contribution is -0.134. The third-order valence-corrected chi connectivity index (χ3v) is 4.61. The second kappa shape index (κ2) is 8.09. The van der Waals surface area contributed by atoms with Gasteiger partial charge in [-0.25, -0.2) is 0 Å². The van der Waals surface area contributed by atoms with Gasteiger partial charge in [0.1, 0.15) is 0 Å². The number of ether oxygens (including phenoxy) is 2. The number of hydrogen-bond acceptors (Lipinski definition) is 4. The normalized spacial score (nSPS) is 17.9. The average molecular weight is 320 g/mol. The van der Waals surface area contributed by atoms with Gasteiger partial charge in [-0.3, -0.25) is 4.79 Å². The Bertz CT molecular complexity index is 545. The first-order chi connectivity index (χ1) is 11.1. The van der Waals surface area contributed by atoms with E-state index in [2.05, 4.69) is 11.8 Å². The number of piperidine rings is 1. The number of nitrogens with two attached hydrogens (primary N) is 1. The third kappa shape index (κ3) is 4.09. The summed E-state index contributed by atoms with van der Waals surface area (Å²) in [5, 5.41) is 0. The highest BCUT2D eigenvalue weighted by Gasteiger charge is 2.24. The maximum absolute atomic E-state index is 12.5. The van der Waals surface area contributed by atoms with Crippen molar-refractivity contribution in [3.63, 3.8) is 0 Å². The van der Waals surface area contributed by atoms with Crippen LogP contribution >= 0.6 is 0 Å². The van der Waals surface area contributed by atoms with E-state index in [0.717, 1.165) is 31.4 Å². The molecule has 1 amide bonds. The van der Waals surface area contributed by atoms with Gasteiger partial charge >= 0.3 is 0 Å². The molecule has 1 fully saturated rings. The van der Waals surface area contributed by atoms with Crippen LogP contribution in [-0.2, 0) is 11.2 Å². The lowest BCUT2D eigenvalue weighted by Gasteiger charge is -2.35. The van der Waals surface area contributed by atoms with Gasteiger partial charge in [0.25, 0.3) is 0 Å². The second-order valence-electron chi connectivity index (χ2n) is 6.07. The van der Waals surface area contributed by atoms with Crippen LogP contribution in [0.1, 0.15) is 44.6 Å². The highest BCUT2D eigenvalue weighted by molar-refractivity contribution is 5.77. The van der Waals surface area contributed by atoms with Crippen molar-refractivity contribution in [2.75, 3.05) is 26.5 Å². The number of aryl methyl sites for hydroxylation is 1. The Kier molecular flexibility index (Phi) is 6.13. The number of carbonyl (C=O) groups is 1. The number of anilines is 1. The van der Waals surface area contributed by atoms with Crippen LogP contribution in [-0.4, -0.2) is 37.6 Å². The predicted molar refractivity (Wildman–Crippen MR) is 91.9 cm³/mol. The van der Waals surface area contributed by atoms with E-state index < -0.39 is 0 Å². The maximum Gasteiger partial charge on any atom is 0.223 e. The highest BCUT2D eigenvalue weighted by atomic mass is 16.5. The molecule has 1 aromatic rings. The first-order valence-electron chi connectivity index (χ1n) is 8.40. The second-order valence-corrected chi connectivity index (χ2v) is 6.07. The van der Waals surface area contributed by atoms with Gasteiger partial charge in [0.05, 0.1) is 19.9 Å². The Morgan fingerprint density at radius 1 is 1.30 bits per heavy atom. The van der Waals surface area contributed by atoms with E-state index in [1.165, 1.54) is 6.42 Å². The molecule has 23 heavy (non-hydrogen) atoms. The summed E-state index contributed by atoms with van der Waals surface area (Å²) in [6.07, 6.45) is 5.68. The number of likely N-dealkylation sites (tertiary alicyclic amines) is 1. The monoisotopic (exact) mass is 320 g/mol. The van der Waals surface area contributed by atoms with Crippen molar-refractivity contribution < 1.29 is 14.3 Å². The molecule has 5 nitrogen and oxygen atoms in total. The van der Waals surface area contributed by atoms with Crippen LogP contribution in [0.15, 0.2) is 12.1 Å². The fourth-order valence-corrected chi connectivity index (χ4v) is 3.35. The van der Waals surface area contributed by atoms with Gasteiger partial charge in [0.15, 0.2) is 11.5 Å². The zero-order valence-electron chi connectivity index (χ0n) is 14.4. The summed E-state index contributed by atoms with van der Waals surface area (Å²) in [5.41, 5.74) is 7.54. The van der Waals surface area contributed by atoms with Crippen molar-refractivity contribution in [3.05, 3.63) is 17.7 Å². The lowest BCUT2D eigenvalue weighted by atomic mass is 9.99. The lowest BCUT2D eigenvalue weighted by Crippen LogP contribution is -2.43. The molecule has 1 aromatic carbocycles. The molecule has 1 saturated heterocycles. The minimum atomic E-state index is 0.241. The maximum atomic E-state index is 12.5. The summed E-state index contributed by atoms with van der Waals surface area (Å²) < 4.78 is 10.6. The molecular weight excluding hydrogens is 292 g/mol. The van der Waals surface area contributed by atoms with Crippen LogP contribution in [0.4, 0.5) is 5.69 Å². The van der Waals surface area contributed by atoms with Gasteiger partial charge in [-0.2, -0.15) is 0 Å². The summed E-state index contributed by atoms with van der Waals surface area (Å²) in [6.45, 7) is 3.05. The molecule has 1 heterocycles. The molecule has 0 radical (unpaired) electrons. The largest absolute Gasteiger partial charge is 0.493 e. The van der Waals surface area contributed by atoms with Crippen molar-refractivity contribution in [2.24, 2.45) is 0 Å². The van der Waals surface area contributed by atoms with Gasteiger partial charge < -0.3 is 20.1 Å². The van der Waals surface area contributed by atoms with Crippen LogP contribution in [0.5, 0.6) is 11.5 Å². The fraction of sp³-hybridized carbons (Fsp3) is 0.611. The summed E-state index contributed by atoms with van der Waals surface area (Å²) >= 11 is 0. The Hall–Kier alpha value is -1.91. The molecular formula is C18H28N2O3. The SMILES string of the molecule is CCC1CCCCN1C(=O)CCc1cc(N)c(OC)c(OC)c1. The predicted octanol–water partition coefficient (Wildman–Crippen LogP) is 3.01. The van der Waals surface area contributed by atoms with Crippen LogP contribution in [0.25, 0.3) is 0 Å². The number of rotatable bonds is 6. The number of methoxy groups -OCH3 is 2. The Labute approximate surface area is 138 Å². The number of nitrogens with zero attached hydrogens (tertiary/aromatic N) is 1. The molecule has 0 bridgehead atoms. The van der Waals surface area contributed by atoms with E-state index in [0.29, 0.717) is 36.1 Å². The minimum Gasteiger partial charge on any atom is -0.493 e. The summed E-state index contributed by atoms with van der Waals surface area (Å²) in [7, 11) is 3.16. The molecule has 1 atom stereocenters. The molecule has 0 saturated carbocycles. The van der Waals surface area contributed by atoms with E-state index in [4.69, 9.17) is 15.2 Å². The third-order valence-electron chi connectivity index (χ3n) is 4.61. The topological polar surface area (TPSA) is 64.8 Å². The number of amides is 1. The fourth-order valence-electron chi connectivity index (χ4n) is 3.35. The standard InChI is InChI=1S/C18H28N2O3/c1-4-14-7-5-6-10-20(14)17(21)9-8-13-11-15(19)18(23-3)16(12-13)22-2/h11-12,14H,4-10,19H2,1-3H3. The Morgan fingerprint density at radius 2 is 2.09 bits per heavy atom. The zero-order chi connectivity index (χ0) is 16.8. The van der Waals surface area contributed by atoms with Gasteiger partial charge in [-0.15, -0.1) is 0 Å². The number of benzene rings is 1. The average Bonchev–Trinajstić information content (AvgIpc) is 2.58. The van der Waals surface area contributed by atoms with Gasteiger partial charge in [-0.05, 0) is 49.8 Å². The highest BCUT2D eigenvalue weighted by Crippen LogP contribution is 2.35. The smallest absolute Gasteiger partial charge is 0.223 e. The Morgan fingerprint density at radius 3 is 2.74 bits per heavy atom. The molecule has 1 aliphatic rings. The minimum absolute atomic E-state index is 0.241. The van der Waals surface area contributed by atoms with Gasteiger partial charge in [0.2, 0.25) is 5.91 Å². The van der Waals surface area contributed by atoms with Crippen LogP contribution in [0, 0.1) is 0 Å². The van der Waals surface area contributed by atoms with E-state index >= 15 is 0 Å².